The molecule has 1 heterocycles. The van der Waals surface area contributed by atoms with Crippen molar-refractivity contribution in [2.45, 2.75) is 12.8 Å². The van der Waals surface area contributed by atoms with Crippen molar-refractivity contribution in [3.8, 4) is 0 Å². The van der Waals surface area contributed by atoms with Crippen LogP contribution in [0.5, 0.6) is 0 Å². The van der Waals surface area contributed by atoms with Gasteiger partial charge in [0.05, 0.1) is 10.0 Å². The van der Waals surface area contributed by atoms with Crippen LogP contribution >= 0.6 is 23.2 Å². The van der Waals surface area contributed by atoms with Crippen LogP contribution in [0.2, 0.25) is 10.0 Å². The van der Waals surface area contributed by atoms with Gasteiger partial charge in [0.15, 0.2) is 0 Å². The predicted molar refractivity (Wildman–Crippen MR) is 78.9 cm³/mol. The van der Waals surface area contributed by atoms with Gasteiger partial charge in [-0.3, -0.25) is 4.79 Å². The van der Waals surface area contributed by atoms with E-state index in [1.165, 1.54) is 6.20 Å². The van der Waals surface area contributed by atoms with Gasteiger partial charge >= 0.3 is 0 Å². The highest BCUT2D eigenvalue weighted by molar-refractivity contribution is 6.35. The average Bonchev–Trinajstić information content (AvgIpc) is 2.37. The number of carbonyl (C=O) groups is 1. The second kappa shape index (κ2) is 8.96. The Kier molecular flexibility index (Phi) is 7.55. The Balaban J connectivity index is 2.18. The van der Waals surface area contributed by atoms with Gasteiger partial charge in [0.25, 0.3) is 0 Å². The molecule has 0 spiro atoms. The van der Waals surface area contributed by atoms with Gasteiger partial charge in [-0.05, 0) is 26.1 Å². The van der Waals surface area contributed by atoms with E-state index in [1.807, 2.05) is 7.05 Å². The zero-order valence-corrected chi connectivity index (χ0v) is 12.3. The van der Waals surface area contributed by atoms with Crippen molar-refractivity contribution in [2.75, 3.05) is 32.0 Å². The number of halogens is 2. The lowest BCUT2D eigenvalue weighted by molar-refractivity contribution is -0.121. The molecule has 19 heavy (non-hydrogen) atoms. The number of anilines is 1. The Morgan fingerprint density at radius 3 is 2.79 bits per heavy atom. The normalized spacial score (nSPS) is 10.3. The first-order valence-electron chi connectivity index (χ1n) is 6.09. The fraction of sp³-hybridized carbons (Fsp3) is 0.500. The summed E-state index contributed by atoms with van der Waals surface area (Å²) in [5.74, 6) is 0.614. The van der Waals surface area contributed by atoms with E-state index in [1.54, 1.807) is 6.07 Å². The largest absolute Gasteiger partial charge is 0.367 e. The molecule has 5 nitrogen and oxygen atoms in total. The van der Waals surface area contributed by atoms with Gasteiger partial charge in [0.1, 0.15) is 5.82 Å². The van der Waals surface area contributed by atoms with E-state index in [9.17, 15) is 4.79 Å². The van der Waals surface area contributed by atoms with Crippen LogP contribution in [-0.4, -0.2) is 37.6 Å². The van der Waals surface area contributed by atoms with E-state index >= 15 is 0 Å². The zero-order chi connectivity index (χ0) is 14.1. The SMILES string of the molecule is CNCCCC(=O)NCCNc1ncc(Cl)cc1Cl. The molecule has 0 aromatic carbocycles. The zero-order valence-electron chi connectivity index (χ0n) is 10.8. The minimum atomic E-state index is 0.0483. The molecule has 1 aromatic heterocycles. The van der Waals surface area contributed by atoms with Crippen LogP contribution in [0, 0.1) is 0 Å². The van der Waals surface area contributed by atoms with Gasteiger partial charge in [-0.1, -0.05) is 23.2 Å². The topological polar surface area (TPSA) is 66.1 Å². The van der Waals surface area contributed by atoms with Gasteiger partial charge in [-0.15, -0.1) is 0 Å². The summed E-state index contributed by atoms with van der Waals surface area (Å²) in [6.07, 6.45) is 2.88. The molecule has 1 rings (SSSR count). The van der Waals surface area contributed by atoms with Gasteiger partial charge in [0, 0.05) is 25.7 Å². The molecule has 0 fully saturated rings. The average molecular weight is 305 g/mol. The summed E-state index contributed by atoms with van der Waals surface area (Å²) in [5.41, 5.74) is 0. The Bertz CT molecular complexity index is 415. The van der Waals surface area contributed by atoms with Crippen LogP contribution in [0.1, 0.15) is 12.8 Å². The fourth-order valence-electron chi connectivity index (χ4n) is 1.44. The first-order valence-corrected chi connectivity index (χ1v) is 6.85. The Hall–Kier alpha value is -1.04. The Morgan fingerprint density at radius 2 is 2.11 bits per heavy atom. The van der Waals surface area contributed by atoms with Gasteiger partial charge in [-0.2, -0.15) is 0 Å². The number of rotatable bonds is 8. The number of pyridine rings is 1. The molecule has 3 N–H and O–H groups in total. The number of hydrogen-bond acceptors (Lipinski definition) is 4. The smallest absolute Gasteiger partial charge is 0.220 e. The number of hydrogen-bond donors (Lipinski definition) is 3. The highest BCUT2D eigenvalue weighted by Crippen LogP contribution is 2.21. The van der Waals surface area contributed by atoms with Crippen LogP contribution in [0.3, 0.4) is 0 Å². The van der Waals surface area contributed by atoms with Crippen molar-refractivity contribution >= 4 is 34.9 Å². The molecular weight excluding hydrogens is 287 g/mol. The maximum atomic E-state index is 11.4. The van der Waals surface area contributed by atoms with Crippen LogP contribution in [0.15, 0.2) is 12.3 Å². The summed E-state index contributed by atoms with van der Waals surface area (Å²) in [5, 5.41) is 9.81. The third kappa shape index (κ3) is 6.61. The summed E-state index contributed by atoms with van der Waals surface area (Å²) < 4.78 is 0. The monoisotopic (exact) mass is 304 g/mol. The molecule has 0 unspecified atom stereocenters. The van der Waals surface area contributed by atoms with E-state index in [4.69, 9.17) is 23.2 Å². The quantitative estimate of drug-likeness (QED) is 0.642. The molecule has 0 saturated carbocycles. The number of amides is 1. The Morgan fingerprint density at radius 1 is 1.32 bits per heavy atom. The summed E-state index contributed by atoms with van der Waals surface area (Å²) in [6, 6.07) is 1.62. The van der Waals surface area contributed by atoms with Crippen molar-refractivity contribution in [1.29, 1.82) is 0 Å². The molecule has 1 amide bonds. The first kappa shape index (κ1) is 16.0. The maximum Gasteiger partial charge on any atom is 0.220 e. The molecular formula is C12H18Cl2N4O. The van der Waals surface area contributed by atoms with Crippen LogP contribution in [0.25, 0.3) is 0 Å². The van der Waals surface area contributed by atoms with Gasteiger partial charge < -0.3 is 16.0 Å². The summed E-state index contributed by atoms with van der Waals surface area (Å²) >= 11 is 11.7. The highest BCUT2D eigenvalue weighted by Gasteiger charge is 2.03. The Labute approximate surface area is 123 Å². The lowest BCUT2D eigenvalue weighted by Crippen LogP contribution is -2.29. The van der Waals surface area contributed by atoms with Crippen molar-refractivity contribution in [3.63, 3.8) is 0 Å². The van der Waals surface area contributed by atoms with Crippen molar-refractivity contribution in [1.82, 2.24) is 15.6 Å². The number of aromatic nitrogens is 1. The van der Waals surface area contributed by atoms with Crippen LogP contribution < -0.4 is 16.0 Å². The fourth-order valence-corrected chi connectivity index (χ4v) is 1.89. The molecule has 106 valence electrons. The maximum absolute atomic E-state index is 11.4. The lowest BCUT2D eigenvalue weighted by atomic mass is 10.3. The van der Waals surface area contributed by atoms with Crippen LogP contribution in [0.4, 0.5) is 5.82 Å². The standard InChI is InChI=1S/C12H18Cl2N4O/c1-15-4-2-3-11(19)16-5-6-17-12-10(14)7-9(13)8-18-12/h7-8,15H,2-6H2,1H3,(H,16,19)(H,17,18). The number of nitrogens with one attached hydrogen (secondary N) is 3. The van der Waals surface area contributed by atoms with Crippen molar-refractivity contribution < 1.29 is 4.79 Å². The van der Waals surface area contributed by atoms with Gasteiger partial charge in [-0.25, -0.2) is 4.98 Å². The summed E-state index contributed by atoms with van der Waals surface area (Å²) in [4.78, 5) is 15.5. The lowest BCUT2D eigenvalue weighted by Gasteiger charge is -2.08. The van der Waals surface area contributed by atoms with E-state index in [0.717, 1.165) is 13.0 Å². The van der Waals surface area contributed by atoms with Crippen LogP contribution in [-0.2, 0) is 4.79 Å². The molecule has 0 aliphatic carbocycles. The summed E-state index contributed by atoms with van der Waals surface area (Å²) in [7, 11) is 1.87. The highest BCUT2D eigenvalue weighted by atomic mass is 35.5. The van der Waals surface area contributed by atoms with Crippen molar-refractivity contribution in [3.05, 3.63) is 22.3 Å². The number of carbonyl (C=O) groups excluding carboxylic acids is 1. The molecule has 0 saturated heterocycles. The third-order valence-electron chi connectivity index (χ3n) is 2.38. The van der Waals surface area contributed by atoms with Gasteiger partial charge in [0.2, 0.25) is 5.91 Å². The molecule has 1 aromatic rings. The van der Waals surface area contributed by atoms with E-state index in [0.29, 0.717) is 35.4 Å². The predicted octanol–water partition coefficient (Wildman–Crippen LogP) is 1.92. The third-order valence-corrected chi connectivity index (χ3v) is 2.87. The molecule has 7 heteroatoms. The second-order valence-electron chi connectivity index (χ2n) is 3.97. The second-order valence-corrected chi connectivity index (χ2v) is 4.81. The van der Waals surface area contributed by atoms with Crippen molar-refractivity contribution in [2.24, 2.45) is 0 Å². The first-order chi connectivity index (χ1) is 9.13. The molecule has 0 aliphatic rings. The molecule has 0 radical (unpaired) electrons. The molecule has 0 bridgehead atoms. The molecule has 0 atom stereocenters. The molecule has 0 aliphatic heterocycles. The van der Waals surface area contributed by atoms with E-state index < -0.39 is 0 Å². The van der Waals surface area contributed by atoms with E-state index in [2.05, 4.69) is 20.9 Å². The minimum absolute atomic E-state index is 0.0483. The van der Waals surface area contributed by atoms with E-state index in [-0.39, 0.29) is 5.91 Å². The summed E-state index contributed by atoms with van der Waals surface area (Å²) in [6.45, 7) is 1.93. The minimum Gasteiger partial charge on any atom is -0.367 e. The number of nitrogens with zero attached hydrogens (tertiary/aromatic N) is 1.